The molecular weight excluding hydrogens is 306 g/mol. The first-order valence-electron chi connectivity index (χ1n) is 6.14. The van der Waals surface area contributed by atoms with Crippen LogP contribution in [0.25, 0.3) is 5.57 Å². The van der Waals surface area contributed by atoms with Crippen LogP contribution in [0.5, 0.6) is 0 Å². The fraction of sp³-hybridized carbons (Fsp3) is 0.154. The number of tetrazole rings is 1. The summed E-state index contributed by atoms with van der Waals surface area (Å²) in [6, 6.07) is 6.85. The van der Waals surface area contributed by atoms with E-state index >= 15 is 0 Å². The quantitative estimate of drug-likeness (QED) is 0.827. The van der Waals surface area contributed by atoms with Crippen molar-refractivity contribution in [3.8, 4) is 6.07 Å². The number of allylic oxidation sites excluding steroid dienone is 1. The lowest BCUT2D eigenvalue weighted by Crippen LogP contribution is -2.22. The molecule has 2 rings (SSSR count). The fourth-order valence-corrected chi connectivity index (χ4v) is 1.80. The minimum absolute atomic E-state index is 0.175. The summed E-state index contributed by atoms with van der Waals surface area (Å²) in [4.78, 5) is 13.4. The van der Waals surface area contributed by atoms with Crippen molar-refractivity contribution in [1.82, 2.24) is 25.5 Å². The number of nitriles is 1. The van der Waals surface area contributed by atoms with Crippen LogP contribution in [0.4, 0.5) is 5.69 Å². The number of carbonyl (C=O) groups excluding carboxylic acids is 1. The van der Waals surface area contributed by atoms with Crippen LogP contribution >= 0.6 is 11.6 Å². The number of nitrogens with zero attached hydrogens (tertiary/aromatic N) is 5. The molecule has 0 saturated carbocycles. The summed E-state index contributed by atoms with van der Waals surface area (Å²) in [6.07, 6.45) is 1.43. The van der Waals surface area contributed by atoms with Crippen LogP contribution in [-0.4, -0.2) is 45.5 Å². The van der Waals surface area contributed by atoms with Gasteiger partial charge in [0.25, 0.3) is 5.91 Å². The molecule has 22 heavy (non-hydrogen) atoms. The van der Waals surface area contributed by atoms with Gasteiger partial charge >= 0.3 is 0 Å². The first-order chi connectivity index (χ1) is 10.5. The van der Waals surface area contributed by atoms with Crippen molar-refractivity contribution in [2.45, 2.75) is 0 Å². The van der Waals surface area contributed by atoms with E-state index in [2.05, 4.69) is 25.9 Å². The van der Waals surface area contributed by atoms with E-state index in [-0.39, 0.29) is 17.3 Å². The molecule has 2 N–H and O–H groups in total. The van der Waals surface area contributed by atoms with Crippen LogP contribution in [-0.2, 0) is 0 Å². The van der Waals surface area contributed by atoms with E-state index in [4.69, 9.17) is 16.9 Å². The molecule has 2 aromatic rings. The monoisotopic (exact) mass is 317 g/mol. The van der Waals surface area contributed by atoms with Crippen molar-refractivity contribution >= 4 is 28.8 Å². The molecule has 112 valence electrons. The van der Waals surface area contributed by atoms with Gasteiger partial charge in [0.2, 0.25) is 5.82 Å². The summed E-state index contributed by atoms with van der Waals surface area (Å²) in [5.41, 5.74) is 1.16. The predicted molar refractivity (Wildman–Crippen MR) is 80.9 cm³/mol. The van der Waals surface area contributed by atoms with Crippen molar-refractivity contribution in [1.29, 1.82) is 5.26 Å². The van der Waals surface area contributed by atoms with Crippen molar-refractivity contribution in [2.24, 2.45) is 0 Å². The van der Waals surface area contributed by atoms with Crippen molar-refractivity contribution in [3.05, 3.63) is 40.8 Å². The van der Waals surface area contributed by atoms with Gasteiger partial charge in [-0.3, -0.25) is 4.79 Å². The van der Waals surface area contributed by atoms with Crippen LogP contribution in [0.3, 0.4) is 0 Å². The number of rotatable bonds is 4. The summed E-state index contributed by atoms with van der Waals surface area (Å²) in [7, 11) is 3.28. The Labute approximate surface area is 131 Å². The molecule has 0 aliphatic heterocycles. The minimum Gasteiger partial charge on any atom is -0.360 e. The van der Waals surface area contributed by atoms with Gasteiger partial charge in [-0.2, -0.15) is 10.5 Å². The summed E-state index contributed by atoms with van der Waals surface area (Å²) in [5.74, 6) is -0.0372. The summed E-state index contributed by atoms with van der Waals surface area (Å²) in [5, 5.41) is 25.4. The molecule has 0 fully saturated rings. The molecule has 1 heterocycles. The largest absolute Gasteiger partial charge is 0.360 e. The Hall–Kier alpha value is -2.92. The third-order valence-electron chi connectivity index (χ3n) is 2.69. The number of amides is 1. The lowest BCUT2D eigenvalue weighted by atomic mass is 10.1. The second-order valence-corrected chi connectivity index (χ2v) is 4.85. The number of halogens is 1. The summed E-state index contributed by atoms with van der Waals surface area (Å²) >= 11 is 6.03. The molecule has 0 bridgehead atoms. The van der Waals surface area contributed by atoms with E-state index < -0.39 is 0 Å². The van der Waals surface area contributed by atoms with E-state index in [1.54, 1.807) is 32.3 Å². The Morgan fingerprint density at radius 3 is 2.86 bits per heavy atom. The summed E-state index contributed by atoms with van der Waals surface area (Å²) in [6.45, 7) is 0. The van der Waals surface area contributed by atoms with E-state index in [1.807, 2.05) is 6.07 Å². The molecule has 0 unspecified atom stereocenters. The Kier molecular flexibility index (Phi) is 4.70. The zero-order valence-electron chi connectivity index (χ0n) is 11.8. The molecule has 0 atom stereocenters. The molecule has 0 saturated heterocycles. The van der Waals surface area contributed by atoms with Gasteiger partial charge < -0.3 is 10.2 Å². The third kappa shape index (κ3) is 3.39. The second kappa shape index (κ2) is 6.69. The van der Waals surface area contributed by atoms with Gasteiger partial charge in [-0.15, -0.1) is 10.2 Å². The highest BCUT2D eigenvalue weighted by atomic mass is 35.5. The van der Waals surface area contributed by atoms with Crippen LogP contribution < -0.4 is 5.32 Å². The highest BCUT2D eigenvalue weighted by Crippen LogP contribution is 2.22. The van der Waals surface area contributed by atoms with E-state index in [9.17, 15) is 4.79 Å². The van der Waals surface area contributed by atoms with Crippen molar-refractivity contribution in [3.63, 3.8) is 0 Å². The Bertz CT molecular complexity index is 746. The number of benzene rings is 1. The fourth-order valence-electron chi connectivity index (χ4n) is 1.60. The molecule has 0 aliphatic carbocycles. The van der Waals surface area contributed by atoms with Gasteiger partial charge in [0.1, 0.15) is 11.6 Å². The Balaban J connectivity index is 2.26. The third-order valence-corrected chi connectivity index (χ3v) is 3.02. The molecule has 1 aromatic carbocycles. The standard InChI is InChI=1S/C13H12ClN7O/c1-21(2)13(22)10-5-9(3-4-11(10)14)16-7-8(6-15)12-17-19-20-18-12/h3-5,7,16H,1-2H3,(H,17,18,19,20). The lowest BCUT2D eigenvalue weighted by molar-refractivity contribution is 0.0828. The van der Waals surface area contributed by atoms with E-state index in [1.165, 1.54) is 11.1 Å². The molecular formula is C13H12ClN7O. The first kappa shape index (κ1) is 15.5. The molecule has 0 radical (unpaired) electrons. The number of hydrogen-bond donors (Lipinski definition) is 2. The van der Waals surface area contributed by atoms with E-state index in [0.29, 0.717) is 16.3 Å². The first-order valence-corrected chi connectivity index (χ1v) is 6.52. The number of aromatic amines is 1. The van der Waals surface area contributed by atoms with Gasteiger partial charge in [-0.05, 0) is 23.4 Å². The molecule has 0 spiro atoms. The average Bonchev–Trinajstić information content (AvgIpc) is 3.03. The molecule has 1 aromatic heterocycles. The molecule has 9 heteroatoms. The van der Waals surface area contributed by atoms with Gasteiger partial charge in [0.15, 0.2) is 0 Å². The zero-order chi connectivity index (χ0) is 16.1. The lowest BCUT2D eigenvalue weighted by Gasteiger charge is -2.12. The van der Waals surface area contributed by atoms with E-state index in [0.717, 1.165) is 0 Å². The van der Waals surface area contributed by atoms with Crippen LogP contribution in [0.2, 0.25) is 5.02 Å². The molecule has 8 nitrogen and oxygen atoms in total. The number of carbonyl (C=O) groups is 1. The second-order valence-electron chi connectivity index (χ2n) is 4.44. The maximum atomic E-state index is 12.0. The van der Waals surface area contributed by atoms with Crippen molar-refractivity contribution in [2.75, 3.05) is 19.4 Å². The van der Waals surface area contributed by atoms with Gasteiger partial charge in [-0.25, -0.2) is 0 Å². The maximum Gasteiger partial charge on any atom is 0.254 e. The predicted octanol–water partition coefficient (Wildman–Crippen LogP) is 1.53. The molecule has 0 aliphatic rings. The normalized spacial score (nSPS) is 10.9. The van der Waals surface area contributed by atoms with Gasteiger partial charge in [-0.1, -0.05) is 11.6 Å². The number of hydrogen-bond acceptors (Lipinski definition) is 6. The van der Waals surface area contributed by atoms with Crippen LogP contribution in [0, 0.1) is 11.3 Å². The van der Waals surface area contributed by atoms with Gasteiger partial charge in [0, 0.05) is 26.0 Å². The highest BCUT2D eigenvalue weighted by molar-refractivity contribution is 6.34. The van der Waals surface area contributed by atoms with Crippen molar-refractivity contribution < 1.29 is 4.79 Å². The Morgan fingerprint density at radius 2 is 2.27 bits per heavy atom. The number of nitrogens with one attached hydrogen (secondary N) is 2. The highest BCUT2D eigenvalue weighted by Gasteiger charge is 2.13. The maximum absolute atomic E-state index is 12.0. The molecule has 1 amide bonds. The topological polar surface area (TPSA) is 111 Å². The number of aromatic nitrogens is 4. The minimum atomic E-state index is -0.212. The zero-order valence-corrected chi connectivity index (χ0v) is 12.6. The SMILES string of the molecule is CN(C)C(=O)c1cc(NC=C(C#N)c2nn[nH]n2)ccc1Cl. The van der Waals surface area contributed by atoms with Gasteiger partial charge in [0.05, 0.1) is 10.6 Å². The smallest absolute Gasteiger partial charge is 0.254 e. The van der Waals surface area contributed by atoms with Crippen LogP contribution in [0.15, 0.2) is 24.4 Å². The number of H-pyrrole nitrogens is 1. The number of anilines is 1. The van der Waals surface area contributed by atoms with Crippen LogP contribution in [0.1, 0.15) is 16.2 Å². The Morgan fingerprint density at radius 1 is 1.50 bits per heavy atom. The summed E-state index contributed by atoms with van der Waals surface area (Å²) < 4.78 is 0. The average molecular weight is 318 g/mol.